The summed E-state index contributed by atoms with van der Waals surface area (Å²) in [5, 5.41) is 13.0. The molecular formula is C21H25NO3. The topological polar surface area (TPSA) is 58.6 Å². The van der Waals surface area contributed by atoms with Gasteiger partial charge < -0.3 is 15.2 Å². The van der Waals surface area contributed by atoms with E-state index in [9.17, 15) is 9.90 Å². The van der Waals surface area contributed by atoms with Crippen LogP contribution in [0.25, 0.3) is 0 Å². The Bertz CT molecular complexity index is 706. The Kier molecular flexibility index (Phi) is 5.39. The Balaban J connectivity index is 1.78. The van der Waals surface area contributed by atoms with Crippen LogP contribution in [0.3, 0.4) is 0 Å². The van der Waals surface area contributed by atoms with Gasteiger partial charge in [-0.25, -0.2) is 0 Å². The number of aliphatic hydroxyl groups is 1. The number of amides is 1. The number of ether oxygens (including phenoxy) is 1. The van der Waals surface area contributed by atoms with E-state index in [-0.39, 0.29) is 17.4 Å². The lowest BCUT2D eigenvalue weighted by Crippen LogP contribution is -2.44. The maximum Gasteiger partial charge on any atom is 0.255 e. The Morgan fingerprint density at radius 3 is 2.44 bits per heavy atom. The van der Waals surface area contributed by atoms with Gasteiger partial charge in [0.15, 0.2) is 0 Å². The molecule has 2 aromatic carbocycles. The van der Waals surface area contributed by atoms with Crippen LogP contribution in [0.4, 0.5) is 0 Å². The van der Waals surface area contributed by atoms with Crippen LogP contribution in [-0.4, -0.2) is 30.8 Å². The number of hydrogen-bond donors (Lipinski definition) is 2. The first-order chi connectivity index (χ1) is 12.1. The van der Waals surface area contributed by atoms with Gasteiger partial charge in [-0.1, -0.05) is 42.5 Å². The van der Waals surface area contributed by atoms with Crippen molar-refractivity contribution in [2.45, 2.75) is 37.2 Å². The minimum absolute atomic E-state index is 0.126. The summed E-state index contributed by atoms with van der Waals surface area (Å²) in [7, 11) is 1.57. The van der Waals surface area contributed by atoms with E-state index in [2.05, 4.69) is 17.4 Å². The average molecular weight is 339 g/mol. The first-order valence-corrected chi connectivity index (χ1v) is 8.79. The zero-order valence-corrected chi connectivity index (χ0v) is 14.6. The molecule has 1 fully saturated rings. The number of methoxy groups -OCH3 is 1. The van der Waals surface area contributed by atoms with Crippen LogP contribution in [0.1, 0.15) is 41.6 Å². The first kappa shape index (κ1) is 17.5. The van der Waals surface area contributed by atoms with Crippen LogP contribution in [0.5, 0.6) is 5.75 Å². The molecule has 0 saturated heterocycles. The second-order valence-electron chi connectivity index (χ2n) is 6.76. The quantitative estimate of drug-likeness (QED) is 0.879. The van der Waals surface area contributed by atoms with Crippen LogP contribution < -0.4 is 10.1 Å². The highest BCUT2D eigenvalue weighted by atomic mass is 16.5. The second-order valence-corrected chi connectivity index (χ2v) is 6.76. The number of aliphatic hydroxyl groups excluding tert-OH is 1. The minimum atomic E-state index is -0.234. The largest absolute Gasteiger partial charge is 0.496 e. The average Bonchev–Trinajstić information content (AvgIpc) is 2.68. The highest BCUT2D eigenvalue weighted by molar-refractivity contribution is 5.96. The summed E-state index contributed by atoms with van der Waals surface area (Å²) in [6, 6.07) is 17.5. The Morgan fingerprint density at radius 1 is 1.12 bits per heavy atom. The van der Waals surface area contributed by atoms with Gasteiger partial charge in [-0.15, -0.1) is 0 Å². The molecule has 4 nitrogen and oxygen atoms in total. The molecule has 0 unspecified atom stereocenters. The smallest absolute Gasteiger partial charge is 0.255 e. The zero-order valence-electron chi connectivity index (χ0n) is 14.6. The third-order valence-corrected chi connectivity index (χ3v) is 5.24. The van der Waals surface area contributed by atoms with Crippen molar-refractivity contribution in [3.8, 4) is 5.75 Å². The number of carbonyl (C=O) groups excluding carboxylic acids is 1. The van der Waals surface area contributed by atoms with Crippen molar-refractivity contribution in [2.24, 2.45) is 0 Å². The first-order valence-electron chi connectivity index (χ1n) is 8.79. The van der Waals surface area contributed by atoms with Crippen LogP contribution in [0, 0.1) is 0 Å². The maximum absolute atomic E-state index is 12.7. The van der Waals surface area contributed by atoms with Gasteiger partial charge in [-0.05, 0) is 43.4 Å². The molecule has 4 heteroatoms. The van der Waals surface area contributed by atoms with Gasteiger partial charge in [0.05, 0.1) is 18.8 Å². The lowest BCUT2D eigenvalue weighted by molar-refractivity contribution is 0.0850. The Hall–Kier alpha value is -2.33. The molecule has 0 aliphatic heterocycles. The van der Waals surface area contributed by atoms with E-state index in [0.717, 1.165) is 25.7 Å². The van der Waals surface area contributed by atoms with Gasteiger partial charge in [0.2, 0.25) is 0 Å². The molecule has 0 bridgehead atoms. The molecule has 3 rings (SSSR count). The monoisotopic (exact) mass is 339 g/mol. The van der Waals surface area contributed by atoms with E-state index < -0.39 is 0 Å². The van der Waals surface area contributed by atoms with E-state index in [4.69, 9.17) is 4.74 Å². The molecule has 0 aromatic heterocycles. The van der Waals surface area contributed by atoms with Crippen molar-refractivity contribution in [1.82, 2.24) is 5.32 Å². The van der Waals surface area contributed by atoms with E-state index >= 15 is 0 Å². The lowest BCUT2D eigenvalue weighted by Gasteiger charge is -2.39. The summed E-state index contributed by atoms with van der Waals surface area (Å²) in [6.07, 6.45) is 3.02. The van der Waals surface area contributed by atoms with E-state index in [1.807, 2.05) is 30.3 Å². The molecule has 1 aliphatic carbocycles. The molecule has 0 spiro atoms. The normalized spacial score (nSPS) is 23.0. The summed E-state index contributed by atoms with van der Waals surface area (Å²) in [5.74, 6) is 0.451. The highest BCUT2D eigenvalue weighted by Crippen LogP contribution is 2.39. The van der Waals surface area contributed by atoms with E-state index in [0.29, 0.717) is 17.9 Å². The van der Waals surface area contributed by atoms with Crippen LogP contribution in [0.15, 0.2) is 54.6 Å². The maximum atomic E-state index is 12.7. The number of benzene rings is 2. The molecule has 1 aliphatic rings. The van der Waals surface area contributed by atoms with Crippen LogP contribution in [0.2, 0.25) is 0 Å². The molecule has 132 valence electrons. The molecule has 0 atom stereocenters. The standard InChI is InChI=1S/C21H25NO3/c1-25-19-10-6-5-9-18(19)20(24)22-15-21(13-11-17(23)12-14-21)16-7-3-2-4-8-16/h2-10,17,23H,11-15H2,1H3,(H,22,24). The molecule has 0 radical (unpaired) electrons. The zero-order chi connectivity index (χ0) is 17.7. The fourth-order valence-electron chi connectivity index (χ4n) is 3.69. The summed E-state index contributed by atoms with van der Waals surface area (Å²) in [6.45, 7) is 0.556. The fourth-order valence-corrected chi connectivity index (χ4v) is 3.69. The molecule has 25 heavy (non-hydrogen) atoms. The lowest BCUT2D eigenvalue weighted by atomic mass is 9.68. The van der Waals surface area contributed by atoms with Crippen molar-refractivity contribution < 1.29 is 14.6 Å². The van der Waals surface area contributed by atoms with Gasteiger partial charge in [0, 0.05) is 12.0 Å². The molecule has 2 N–H and O–H groups in total. The van der Waals surface area contributed by atoms with Gasteiger partial charge >= 0.3 is 0 Å². The number of para-hydroxylation sites is 1. The number of nitrogens with one attached hydrogen (secondary N) is 1. The minimum Gasteiger partial charge on any atom is -0.496 e. The van der Waals surface area contributed by atoms with Gasteiger partial charge in [-0.2, -0.15) is 0 Å². The SMILES string of the molecule is COc1ccccc1C(=O)NCC1(c2ccccc2)CCC(O)CC1. The summed E-state index contributed by atoms with van der Waals surface area (Å²) >= 11 is 0. The van der Waals surface area contributed by atoms with Gasteiger partial charge in [-0.3, -0.25) is 4.79 Å². The van der Waals surface area contributed by atoms with Crippen LogP contribution in [-0.2, 0) is 5.41 Å². The Morgan fingerprint density at radius 2 is 1.76 bits per heavy atom. The molecule has 1 amide bonds. The predicted octanol–water partition coefficient (Wildman–Crippen LogP) is 3.30. The predicted molar refractivity (Wildman–Crippen MR) is 97.9 cm³/mol. The van der Waals surface area contributed by atoms with Crippen molar-refractivity contribution in [2.75, 3.05) is 13.7 Å². The third kappa shape index (κ3) is 3.85. The van der Waals surface area contributed by atoms with E-state index in [1.165, 1.54) is 5.56 Å². The van der Waals surface area contributed by atoms with Crippen LogP contribution >= 0.6 is 0 Å². The summed E-state index contributed by atoms with van der Waals surface area (Å²) in [4.78, 5) is 12.7. The van der Waals surface area contributed by atoms with Crippen molar-refractivity contribution in [3.63, 3.8) is 0 Å². The third-order valence-electron chi connectivity index (χ3n) is 5.24. The summed E-state index contributed by atoms with van der Waals surface area (Å²) in [5.41, 5.74) is 1.64. The van der Waals surface area contributed by atoms with Gasteiger partial charge in [0.25, 0.3) is 5.91 Å². The fraction of sp³-hybridized carbons (Fsp3) is 0.381. The molecule has 2 aromatic rings. The number of rotatable bonds is 5. The van der Waals surface area contributed by atoms with Crippen molar-refractivity contribution in [1.29, 1.82) is 0 Å². The highest BCUT2D eigenvalue weighted by Gasteiger charge is 2.36. The van der Waals surface area contributed by atoms with E-state index in [1.54, 1.807) is 19.2 Å². The molecule has 1 saturated carbocycles. The molecule has 0 heterocycles. The van der Waals surface area contributed by atoms with Crippen molar-refractivity contribution in [3.05, 3.63) is 65.7 Å². The van der Waals surface area contributed by atoms with Gasteiger partial charge in [0.1, 0.15) is 5.75 Å². The summed E-state index contributed by atoms with van der Waals surface area (Å²) < 4.78 is 5.29. The number of hydrogen-bond acceptors (Lipinski definition) is 3. The molecular weight excluding hydrogens is 314 g/mol. The van der Waals surface area contributed by atoms with Crippen molar-refractivity contribution >= 4 is 5.91 Å². The number of carbonyl (C=O) groups is 1. The second kappa shape index (κ2) is 7.70. The Labute approximate surface area is 148 Å².